The summed E-state index contributed by atoms with van der Waals surface area (Å²) in [4.78, 5) is 16.6. The normalized spacial score (nSPS) is 16.1. The lowest BCUT2D eigenvalue weighted by molar-refractivity contribution is 0.0857. The van der Waals surface area contributed by atoms with E-state index in [9.17, 15) is 4.79 Å². The standard InChI is InChI=1S/C22H36N4O3.HI/c1-3-4-12-28-13-7-11-24-22(23-2)26-16-18-8-5-9-19(15-18)21(27)25-17-20-10-6-14-29-20;/h5,8-9,15,20H,3-4,6-7,10-14,16-17H2,1-2H3,(H,25,27)(H2,23,24,26);1H. The fourth-order valence-corrected chi connectivity index (χ4v) is 3.07. The Hall–Kier alpha value is -1.39. The van der Waals surface area contributed by atoms with Crippen molar-refractivity contribution >= 4 is 35.8 Å². The van der Waals surface area contributed by atoms with E-state index in [1.54, 1.807) is 7.05 Å². The molecule has 1 unspecified atom stereocenters. The summed E-state index contributed by atoms with van der Waals surface area (Å²) in [5.74, 6) is 0.680. The number of nitrogens with zero attached hydrogens (tertiary/aromatic N) is 1. The first kappa shape index (κ1) is 26.6. The highest BCUT2D eigenvalue weighted by atomic mass is 127. The molecule has 1 aliphatic rings. The number of carbonyl (C=O) groups is 1. The Morgan fingerprint density at radius 1 is 1.23 bits per heavy atom. The summed E-state index contributed by atoms with van der Waals surface area (Å²) in [6.45, 7) is 6.52. The predicted molar refractivity (Wildman–Crippen MR) is 132 cm³/mol. The second-order valence-corrected chi connectivity index (χ2v) is 7.22. The minimum absolute atomic E-state index is 0. The van der Waals surface area contributed by atoms with Gasteiger partial charge in [0.05, 0.1) is 6.10 Å². The second kappa shape index (κ2) is 16.3. The third kappa shape index (κ3) is 10.6. The molecule has 1 aromatic rings. The SMILES string of the molecule is CCCCOCCCNC(=NC)NCc1cccc(C(=O)NCC2CCCO2)c1.I. The number of amides is 1. The minimum atomic E-state index is -0.0621. The highest BCUT2D eigenvalue weighted by molar-refractivity contribution is 14.0. The van der Waals surface area contributed by atoms with Crippen LogP contribution in [0.4, 0.5) is 0 Å². The van der Waals surface area contributed by atoms with Crippen molar-refractivity contribution in [2.75, 3.05) is 40.0 Å². The van der Waals surface area contributed by atoms with E-state index in [-0.39, 0.29) is 36.0 Å². The van der Waals surface area contributed by atoms with Crippen molar-refractivity contribution in [1.82, 2.24) is 16.0 Å². The fraction of sp³-hybridized carbons (Fsp3) is 0.636. The fourth-order valence-electron chi connectivity index (χ4n) is 3.07. The van der Waals surface area contributed by atoms with E-state index in [1.165, 1.54) is 0 Å². The van der Waals surface area contributed by atoms with Crippen molar-refractivity contribution in [2.24, 2.45) is 4.99 Å². The van der Waals surface area contributed by atoms with E-state index in [0.717, 1.165) is 70.0 Å². The maximum Gasteiger partial charge on any atom is 0.251 e. The molecule has 0 aliphatic carbocycles. The zero-order chi connectivity index (χ0) is 20.7. The Morgan fingerprint density at radius 3 is 2.80 bits per heavy atom. The number of ether oxygens (including phenoxy) is 2. The van der Waals surface area contributed by atoms with Gasteiger partial charge in [-0.05, 0) is 43.4 Å². The van der Waals surface area contributed by atoms with Crippen LogP contribution >= 0.6 is 24.0 Å². The van der Waals surface area contributed by atoms with Gasteiger partial charge in [-0.3, -0.25) is 9.79 Å². The second-order valence-electron chi connectivity index (χ2n) is 7.22. The molecule has 1 amide bonds. The van der Waals surface area contributed by atoms with Crippen LogP contribution < -0.4 is 16.0 Å². The summed E-state index contributed by atoms with van der Waals surface area (Å²) < 4.78 is 11.1. The van der Waals surface area contributed by atoms with Gasteiger partial charge < -0.3 is 25.4 Å². The van der Waals surface area contributed by atoms with E-state index in [4.69, 9.17) is 9.47 Å². The van der Waals surface area contributed by atoms with Gasteiger partial charge in [0.1, 0.15) is 0 Å². The summed E-state index contributed by atoms with van der Waals surface area (Å²) in [6.07, 6.45) is 5.44. The van der Waals surface area contributed by atoms with Crippen molar-refractivity contribution in [3.8, 4) is 0 Å². The van der Waals surface area contributed by atoms with Gasteiger partial charge in [-0.15, -0.1) is 24.0 Å². The first-order chi connectivity index (χ1) is 14.2. The van der Waals surface area contributed by atoms with Crippen molar-refractivity contribution in [3.05, 3.63) is 35.4 Å². The maximum absolute atomic E-state index is 12.4. The Kier molecular flexibility index (Phi) is 14.5. The van der Waals surface area contributed by atoms with E-state index in [0.29, 0.717) is 18.7 Å². The molecule has 0 radical (unpaired) electrons. The summed E-state index contributed by atoms with van der Waals surface area (Å²) in [5.41, 5.74) is 1.69. The number of hydrogen-bond donors (Lipinski definition) is 3. The molecule has 1 fully saturated rings. The Balaban J connectivity index is 0.00000450. The van der Waals surface area contributed by atoms with Crippen molar-refractivity contribution < 1.29 is 14.3 Å². The molecule has 1 aromatic carbocycles. The molecule has 0 spiro atoms. The van der Waals surface area contributed by atoms with Crippen LogP contribution in [0.5, 0.6) is 0 Å². The number of nitrogens with one attached hydrogen (secondary N) is 3. The molecule has 30 heavy (non-hydrogen) atoms. The minimum Gasteiger partial charge on any atom is -0.381 e. The van der Waals surface area contributed by atoms with Gasteiger partial charge in [-0.25, -0.2) is 0 Å². The highest BCUT2D eigenvalue weighted by Crippen LogP contribution is 2.11. The van der Waals surface area contributed by atoms with E-state index in [1.807, 2.05) is 24.3 Å². The van der Waals surface area contributed by atoms with Crippen LogP contribution in [0.3, 0.4) is 0 Å². The van der Waals surface area contributed by atoms with E-state index < -0.39 is 0 Å². The lowest BCUT2D eigenvalue weighted by atomic mass is 10.1. The van der Waals surface area contributed by atoms with Gasteiger partial charge in [0, 0.05) is 52.1 Å². The summed E-state index contributed by atoms with van der Waals surface area (Å²) >= 11 is 0. The molecular weight excluding hydrogens is 495 g/mol. The van der Waals surface area contributed by atoms with Crippen LogP contribution in [-0.2, 0) is 16.0 Å². The molecular formula is C22H37IN4O3. The number of unbranched alkanes of at least 4 members (excludes halogenated alkanes) is 1. The molecule has 170 valence electrons. The van der Waals surface area contributed by atoms with Crippen molar-refractivity contribution in [3.63, 3.8) is 0 Å². The molecule has 0 saturated carbocycles. The summed E-state index contributed by atoms with van der Waals surface area (Å²) in [7, 11) is 1.75. The topological polar surface area (TPSA) is 84.0 Å². The maximum atomic E-state index is 12.4. The predicted octanol–water partition coefficient (Wildman–Crippen LogP) is 3.09. The molecule has 0 aromatic heterocycles. The first-order valence-electron chi connectivity index (χ1n) is 10.7. The molecule has 1 heterocycles. The lowest BCUT2D eigenvalue weighted by Crippen LogP contribution is -2.37. The molecule has 3 N–H and O–H groups in total. The monoisotopic (exact) mass is 532 g/mol. The number of aliphatic imine (C=N–C) groups is 1. The van der Waals surface area contributed by atoms with Gasteiger partial charge in [-0.1, -0.05) is 25.5 Å². The van der Waals surface area contributed by atoms with E-state index in [2.05, 4.69) is 27.9 Å². The number of guanidine groups is 1. The van der Waals surface area contributed by atoms with Crippen LogP contribution in [0.1, 0.15) is 54.9 Å². The molecule has 7 nitrogen and oxygen atoms in total. The average molecular weight is 532 g/mol. The van der Waals surface area contributed by atoms with Crippen LogP contribution in [0.2, 0.25) is 0 Å². The van der Waals surface area contributed by atoms with Crippen LogP contribution in [-0.4, -0.2) is 57.9 Å². The highest BCUT2D eigenvalue weighted by Gasteiger charge is 2.16. The molecule has 2 rings (SSSR count). The summed E-state index contributed by atoms with van der Waals surface area (Å²) in [6, 6.07) is 7.65. The molecule has 1 aliphatic heterocycles. The zero-order valence-corrected chi connectivity index (χ0v) is 20.6. The van der Waals surface area contributed by atoms with Gasteiger partial charge in [0.15, 0.2) is 5.96 Å². The van der Waals surface area contributed by atoms with Crippen molar-refractivity contribution in [1.29, 1.82) is 0 Å². The molecule has 1 saturated heterocycles. The number of rotatable bonds is 12. The van der Waals surface area contributed by atoms with Crippen LogP contribution in [0.15, 0.2) is 29.3 Å². The lowest BCUT2D eigenvalue weighted by Gasteiger charge is -2.13. The number of carbonyl (C=O) groups excluding carboxylic acids is 1. The van der Waals surface area contributed by atoms with Gasteiger partial charge >= 0.3 is 0 Å². The van der Waals surface area contributed by atoms with Gasteiger partial charge in [0.25, 0.3) is 5.91 Å². The number of halogens is 1. The quantitative estimate of drug-likeness (QED) is 0.167. The molecule has 1 atom stereocenters. The molecule has 8 heteroatoms. The summed E-state index contributed by atoms with van der Waals surface area (Å²) in [5, 5.41) is 9.54. The number of hydrogen-bond acceptors (Lipinski definition) is 4. The van der Waals surface area contributed by atoms with E-state index >= 15 is 0 Å². The Bertz CT molecular complexity index is 637. The third-order valence-corrected chi connectivity index (χ3v) is 4.79. The largest absolute Gasteiger partial charge is 0.381 e. The van der Waals surface area contributed by atoms with Gasteiger partial charge in [0.2, 0.25) is 0 Å². The Morgan fingerprint density at radius 2 is 2.07 bits per heavy atom. The zero-order valence-electron chi connectivity index (χ0n) is 18.2. The molecule has 0 bridgehead atoms. The van der Waals surface area contributed by atoms with Gasteiger partial charge in [-0.2, -0.15) is 0 Å². The number of benzene rings is 1. The van der Waals surface area contributed by atoms with Crippen LogP contribution in [0.25, 0.3) is 0 Å². The third-order valence-electron chi connectivity index (χ3n) is 4.79. The first-order valence-corrected chi connectivity index (χ1v) is 10.7. The smallest absolute Gasteiger partial charge is 0.251 e. The average Bonchev–Trinajstić information content (AvgIpc) is 3.27. The van der Waals surface area contributed by atoms with Crippen molar-refractivity contribution in [2.45, 2.75) is 51.7 Å². The Labute approximate surface area is 197 Å². The van der Waals surface area contributed by atoms with Crippen LogP contribution in [0, 0.1) is 0 Å².